The zero-order valence-electron chi connectivity index (χ0n) is 13.5. The molecule has 128 valence electrons. The molecule has 0 amide bonds. The second-order valence-electron chi connectivity index (χ2n) is 5.78. The van der Waals surface area contributed by atoms with Gasteiger partial charge in [-0.05, 0) is 48.9 Å². The SMILES string of the molecule is COC1CN(c2ccc(NS(=O)(=O)c3cccc(Cl)c3C)cc2)C1. The van der Waals surface area contributed by atoms with E-state index in [1.807, 2.05) is 12.1 Å². The van der Waals surface area contributed by atoms with Crippen LogP contribution in [0.3, 0.4) is 0 Å². The van der Waals surface area contributed by atoms with Gasteiger partial charge in [0.25, 0.3) is 10.0 Å². The molecule has 1 aliphatic heterocycles. The highest BCUT2D eigenvalue weighted by molar-refractivity contribution is 7.92. The molecule has 0 aliphatic carbocycles. The van der Waals surface area contributed by atoms with E-state index in [9.17, 15) is 8.42 Å². The Kier molecular flexibility index (Phi) is 4.71. The number of hydrogen-bond donors (Lipinski definition) is 1. The van der Waals surface area contributed by atoms with Crippen LogP contribution < -0.4 is 9.62 Å². The van der Waals surface area contributed by atoms with Gasteiger partial charge < -0.3 is 9.64 Å². The molecule has 3 rings (SSSR count). The van der Waals surface area contributed by atoms with E-state index in [1.54, 1.807) is 44.4 Å². The van der Waals surface area contributed by atoms with Crippen molar-refractivity contribution in [3.8, 4) is 0 Å². The summed E-state index contributed by atoms with van der Waals surface area (Å²) in [6.07, 6.45) is 0.272. The van der Waals surface area contributed by atoms with E-state index in [2.05, 4.69) is 9.62 Å². The first-order chi connectivity index (χ1) is 11.4. The van der Waals surface area contributed by atoms with Crippen molar-refractivity contribution in [3.05, 3.63) is 53.1 Å². The summed E-state index contributed by atoms with van der Waals surface area (Å²) in [6, 6.07) is 12.2. The maximum Gasteiger partial charge on any atom is 0.262 e. The van der Waals surface area contributed by atoms with Crippen molar-refractivity contribution in [1.29, 1.82) is 0 Å². The molecule has 5 nitrogen and oxygen atoms in total. The maximum absolute atomic E-state index is 12.5. The first kappa shape index (κ1) is 17.1. The fourth-order valence-electron chi connectivity index (χ4n) is 2.63. The molecule has 1 aliphatic rings. The van der Waals surface area contributed by atoms with Crippen molar-refractivity contribution in [1.82, 2.24) is 0 Å². The monoisotopic (exact) mass is 366 g/mol. The Labute approximate surface area is 147 Å². The number of methoxy groups -OCH3 is 1. The predicted molar refractivity (Wildman–Crippen MR) is 96.4 cm³/mol. The molecule has 0 radical (unpaired) electrons. The van der Waals surface area contributed by atoms with E-state index >= 15 is 0 Å². The molecule has 0 unspecified atom stereocenters. The van der Waals surface area contributed by atoms with Gasteiger partial charge in [0.2, 0.25) is 0 Å². The Bertz CT molecular complexity index is 831. The molecule has 0 spiro atoms. The summed E-state index contributed by atoms with van der Waals surface area (Å²) < 4.78 is 32.9. The van der Waals surface area contributed by atoms with Gasteiger partial charge in [-0.1, -0.05) is 17.7 Å². The number of anilines is 2. The zero-order chi connectivity index (χ0) is 17.3. The minimum Gasteiger partial charge on any atom is -0.378 e. The molecule has 2 aromatic rings. The number of nitrogens with one attached hydrogen (secondary N) is 1. The van der Waals surface area contributed by atoms with Gasteiger partial charge in [-0.25, -0.2) is 8.42 Å². The zero-order valence-corrected chi connectivity index (χ0v) is 15.1. The topological polar surface area (TPSA) is 58.6 Å². The molecule has 7 heteroatoms. The minimum atomic E-state index is -3.67. The lowest BCUT2D eigenvalue weighted by atomic mass is 10.1. The van der Waals surface area contributed by atoms with Crippen LogP contribution in [0.15, 0.2) is 47.4 Å². The van der Waals surface area contributed by atoms with E-state index < -0.39 is 10.0 Å². The number of rotatable bonds is 5. The largest absolute Gasteiger partial charge is 0.378 e. The van der Waals surface area contributed by atoms with E-state index in [0.717, 1.165) is 18.8 Å². The van der Waals surface area contributed by atoms with Crippen LogP contribution in [0.2, 0.25) is 5.02 Å². The summed E-state index contributed by atoms with van der Waals surface area (Å²) in [5, 5.41) is 0.429. The van der Waals surface area contributed by atoms with Crippen molar-refractivity contribution in [2.45, 2.75) is 17.9 Å². The Morgan fingerprint density at radius 3 is 2.46 bits per heavy atom. The summed E-state index contributed by atoms with van der Waals surface area (Å²) in [5.41, 5.74) is 2.10. The first-order valence-electron chi connectivity index (χ1n) is 7.56. The second-order valence-corrected chi connectivity index (χ2v) is 7.84. The molecule has 0 bridgehead atoms. The second kappa shape index (κ2) is 6.63. The molecule has 1 heterocycles. The first-order valence-corrected chi connectivity index (χ1v) is 9.42. The average molecular weight is 367 g/mol. The van der Waals surface area contributed by atoms with Gasteiger partial charge in [0, 0.05) is 36.6 Å². The Balaban J connectivity index is 1.75. The van der Waals surface area contributed by atoms with Crippen LogP contribution in [-0.4, -0.2) is 34.7 Å². The average Bonchev–Trinajstić information content (AvgIpc) is 2.50. The maximum atomic E-state index is 12.5. The molecule has 0 saturated carbocycles. The Morgan fingerprint density at radius 1 is 1.17 bits per heavy atom. The van der Waals surface area contributed by atoms with Gasteiger partial charge >= 0.3 is 0 Å². The number of hydrogen-bond acceptors (Lipinski definition) is 4. The third-order valence-electron chi connectivity index (χ3n) is 4.17. The molecule has 24 heavy (non-hydrogen) atoms. The fourth-order valence-corrected chi connectivity index (χ4v) is 4.18. The van der Waals surface area contributed by atoms with Crippen molar-refractivity contribution < 1.29 is 13.2 Å². The van der Waals surface area contributed by atoms with Gasteiger partial charge in [0.15, 0.2) is 0 Å². The van der Waals surface area contributed by atoms with E-state index in [0.29, 0.717) is 16.3 Å². The van der Waals surface area contributed by atoms with E-state index in [-0.39, 0.29) is 11.0 Å². The number of benzene rings is 2. The molecule has 1 fully saturated rings. The molecular formula is C17H19ClN2O3S. The van der Waals surface area contributed by atoms with Crippen molar-refractivity contribution in [2.24, 2.45) is 0 Å². The van der Waals surface area contributed by atoms with Crippen LogP contribution in [0.5, 0.6) is 0 Å². The van der Waals surface area contributed by atoms with Crippen molar-refractivity contribution >= 4 is 33.0 Å². The smallest absolute Gasteiger partial charge is 0.262 e. The lowest BCUT2D eigenvalue weighted by molar-refractivity contribution is 0.0788. The summed E-state index contributed by atoms with van der Waals surface area (Å²) in [7, 11) is -1.97. The van der Waals surface area contributed by atoms with Gasteiger partial charge in [-0.15, -0.1) is 0 Å². The van der Waals surface area contributed by atoms with Crippen molar-refractivity contribution in [3.63, 3.8) is 0 Å². The highest BCUT2D eigenvalue weighted by atomic mass is 35.5. The number of nitrogens with zero attached hydrogens (tertiary/aromatic N) is 1. The Morgan fingerprint density at radius 2 is 1.83 bits per heavy atom. The molecule has 1 saturated heterocycles. The normalized spacial score (nSPS) is 15.2. The summed E-state index contributed by atoms with van der Waals surface area (Å²) in [5.74, 6) is 0. The molecule has 0 aromatic heterocycles. The summed E-state index contributed by atoms with van der Waals surface area (Å²) in [4.78, 5) is 2.36. The minimum absolute atomic E-state index is 0.185. The van der Waals surface area contributed by atoms with Gasteiger partial charge in [-0.3, -0.25) is 4.72 Å². The molecule has 1 N–H and O–H groups in total. The lowest BCUT2D eigenvalue weighted by Gasteiger charge is -2.40. The number of sulfonamides is 1. The van der Waals surface area contributed by atoms with E-state index in [4.69, 9.17) is 16.3 Å². The van der Waals surface area contributed by atoms with Crippen LogP contribution in [0.25, 0.3) is 0 Å². The van der Waals surface area contributed by atoms with Crippen molar-refractivity contribution in [2.75, 3.05) is 29.8 Å². The third-order valence-corrected chi connectivity index (χ3v) is 6.11. The Hall–Kier alpha value is -1.76. The summed E-state index contributed by atoms with van der Waals surface area (Å²) in [6.45, 7) is 3.39. The fraction of sp³-hybridized carbons (Fsp3) is 0.294. The van der Waals surface area contributed by atoms with Crippen LogP contribution in [0.4, 0.5) is 11.4 Å². The molecule has 2 aromatic carbocycles. The summed E-state index contributed by atoms with van der Waals surface area (Å²) >= 11 is 6.02. The lowest BCUT2D eigenvalue weighted by Crippen LogP contribution is -2.51. The van der Waals surface area contributed by atoms with Crippen LogP contribution in [-0.2, 0) is 14.8 Å². The van der Waals surface area contributed by atoms with Crippen LogP contribution in [0, 0.1) is 6.92 Å². The van der Waals surface area contributed by atoms with Crippen LogP contribution in [0.1, 0.15) is 5.56 Å². The molecular weight excluding hydrogens is 348 g/mol. The standard InChI is InChI=1S/C17H19ClN2O3S/c1-12-16(18)4-3-5-17(12)24(21,22)19-13-6-8-14(9-7-13)20-10-15(11-20)23-2/h3-9,15,19H,10-11H2,1-2H3. The third kappa shape index (κ3) is 3.36. The van der Waals surface area contributed by atoms with E-state index in [1.165, 1.54) is 0 Å². The van der Waals surface area contributed by atoms with Gasteiger partial charge in [0.1, 0.15) is 0 Å². The predicted octanol–water partition coefficient (Wildman–Crippen LogP) is 3.28. The highest BCUT2D eigenvalue weighted by Gasteiger charge is 2.26. The van der Waals surface area contributed by atoms with Crippen LogP contribution >= 0.6 is 11.6 Å². The number of halogens is 1. The highest BCUT2D eigenvalue weighted by Crippen LogP contribution is 2.27. The molecule has 0 atom stereocenters. The number of ether oxygens (including phenoxy) is 1. The van der Waals surface area contributed by atoms with Gasteiger partial charge in [0.05, 0.1) is 11.0 Å². The van der Waals surface area contributed by atoms with Gasteiger partial charge in [-0.2, -0.15) is 0 Å². The quantitative estimate of drug-likeness (QED) is 0.882.